The zero-order valence-electron chi connectivity index (χ0n) is 11.9. The molecule has 1 amide bonds. The summed E-state index contributed by atoms with van der Waals surface area (Å²) in [6, 6.07) is 5.42. The second-order valence-electron chi connectivity index (χ2n) is 4.40. The Morgan fingerprint density at radius 3 is 2.90 bits per heavy atom. The Hall–Kier alpha value is -1.75. The van der Waals surface area contributed by atoms with Gasteiger partial charge in [0, 0.05) is 30.2 Å². The van der Waals surface area contributed by atoms with Gasteiger partial charge < -0.3 is 16.4 Å². The van der Waals surface area contributed by atoms with Crippen molar-refractivity contribution >= 4 is 29.2 Å². The predicted molar refractivity (Wildman–Crippen MR) is 84.2 cm³/mol. The molecule has 0 spiro atoms. The number of aliphatic imine (C=N–C) groups is 1. The number of guanidine groups is 1. The van der Waals surface area contributed by atoms with Crippen molar-refractivity contribution in [2.45, 2.75) is 26.7 Å². The lowest BCUT2D eigenvalue weighted by Gasteiger charge is -2.10. The normalized spacial score (nSPS) is 11.2. The minimum Gasteiger partial charge on any atom is -0.370 e. The van der Waals surface area contributed by atoms with E-state index in [2.05, 4.69) is 15.6 Å². The maximum atomic E-state index is 11.8. The van der Waals surface area contributed by atoms with Crippen LogP contribution in [0, 0.1) is 6.92 Å². The van der Waals surface area contributed by atoms with Gasteiger partial charge in [-0.1, -0.05) is 24.6 Å². The number of anilines is 1. The topological polar surface area (TPSA) is 79.5 Å². The molecule has 0 heterocycles. The van der Waals surface area contributed by atoms with E-state index in [0.717, 1.165) is 17.7 Å². The Kier molecular flexibility index (Phi) is 6.87. The Bertz CT molecular complexity index is 488. The summed E-state index contributed by atoms with van der Waals surface area (Å²) >= 11 is 6.00. The summed E-state index contributed by atoms with van der Waals surface area (Å²) in [6.07, 6.45) is 1.26. The summed E-state index contributed by atoms with van der Waals surface area (Å²) in [5.74, 6) is 0.282. The second kappa shape index (κ2) is 8.43. The molecule has 20 heavy (non-hydrogen) atoms. The molecule has 0 aliphatic carbocycles. The quantitative estimate of drug-likeness (QED) is 0.556. The average Bonchev–Trinajstić information content (AvgIpc) is 2.41. The van der Waals surface area contributed by atoms with E-state index in [1.807, 2.05) is 19.9 Å². The zero-order chi connectivity index (χ0) is 15.0. The third-order valence-corrected chi connectivity index (χ3v) is 3.12. The first-order chi connectivity index (χ1) is 9.54. The SMILES string of the molecule is CCCN=C(N)NCCC(=O)Nc1cccc(Cl)c1C. The Morgan fingerprint density at radius 2 is 2.20 bits per heavy atom. The number of carbonyl (C=O) groups is 1. The molecule has 0 atom stereocenters. The standard InChI is InChI=1S/C14H21ClN4O/c1-3-8-17-14(16)18-9-7-13(20)19-12-6-4-5-11(15)10(12)2/h4-6H,3,7-9H2,1-2H3,(H,19,20)(H3,16,17,18). The molecule has 0 bridgehead atoms. The molecule has 0 fully saturated rings. The third-order valence-electron chi connectivity index (χ3n) is 2.71. The summed E-state index contributed by atoms with van der Waals surface area (Å²) < 4.78 is 0. The van der Waals surface area contributed by atoms with Gasteiger partial charge in [-0.3, -0.25) is 9.79 Å². The second-order valence-corrected chi connectivity index (χ2v) is 4.81. The number of nitrogens with two attached hydrogens (primary N) is 1. The molecule has 0 aliphatic heterocycles. The molecule has 6 heteroatoms. The number of halogens is 1. The van der Waals surface area contributed by atoms with Crippen LogP contribution in [0.2, 0.25) is 5.02 Å². The van der Waals surface area contributed by atoms with Gasteiger partial charge in [0.1, 0.15) is 0 Å². The van der Waals surface area contributed by atoms with Crippen LogP contribution in [0.1, 0.15) is 25.3 Å². The van der Waals surface area contributed by atoms with E-state index in [9.17, 15) is 4.79 Å². The molecule has 0 saturated carbocycles. The molecule has 0 aromatic heterocycles. The molecular weight excluding hydrogens is 276 g/mol. The van der Waals surface area contributed by atoms with Gasteiger partial charge in [-0.2, -0.15) is 0 Å². The number of hydrogen-bond acceptors (Lipinski definition) is 2. The lowest BCUT2D eigenvalue weighted by molar-refractivity contribution is -0.116. The lowest BCUT2D eigenvalue weighted by atomic mass is 10.2. The van der Waals surface area contributed by atoms with Crippen LogP contribution in [0.4, 0.5) is 5.69 Å². The molecule has 1 aromatic rings. The maximum Gasteiger partial charge on any atom is 0.226 e. The van der Waals surface area contributed by atoms with Gasteiger partial charge in [0.05, 0.1) is 0 Å². The van der Waals surface area contributed by atoms with E-state index >= 15 is 0 Å². The number of amides is 1. The summed E-state index contributed by atoms with van der Waals surface area (Å²) in [5.41, 5.74) is 7.22. The smallest absolute Gasteiger partial charge is 0.226 e. The van der Waals surface area contributed by atoms with Gasteiger partial charge >= 0.3 is 0 Å². The highest BCUT2D eigenvalue weighted by Crippen LogP contribution is 2.22. The number of benzene rings is 1. The first-order valence-corrected chi connectivity index (χ1v) is 7.01. The largest absolute Gasteiger partial charge is 0.370 e. The van der Waals surface area contributed by atoms with E-state index in [1.54, 1.807) is 12.1 Å². The Labute approximate surface area is 124 Å². The summed E-state index contributed by atoms with van der Waals surface area (Å²) in [7, 11) is 0. The molecule has 5 nitrogen and oxygen atoms in total. The molecule has 4 N–H and O–H groups in total. The number of hydrogen-bond donors (Lipinski definition) is 3. The van der Waals surface area contributed by atoms with Crippen LogP contribution in [0.5, 0.6) is 0 Å². The van der Waals surface area contributed by atoms with Crippen LogP contribution in [0.3, 0.4) is 0 Å². The van der Waals surface area contributed by atoms with Gasteiger partial charge in [0.25, 0.3) is 0 Å². The number of nitrogens with one attached hydrogen (secondary N) is 2. The fraction of sp³-hybridized carbons (Fsp3) is 0.429. The summed E-state index contributed by atoms with van der Waals surface area (Å²) in [6.45, 7) is 5.03. The lowest BCUT2D eigenvalue weighted by Crippen LogP contribution is -2.34. The van der Waals surface area contributed by atoms with Crippen molar-refractivity contribution in [1.29, 1.82) is 0 Å². The van der Waals surface area contributed by atoms with Crippen molar-refractivity contribution < 1.29 is 4.79 Å². The van der Waals surface area contributed by atoms with Crippen molar-refractivity contribution in [3.05, 3.63) is 28.8 Å². The van der Waals surface area contributed by atoms with Crippen LogP contribution in [-0.2, 0) is 4.79 Å². The summed E-state index contributed by atoms with van der Waals surface area (Å²) in [5, 5.41) is 6.36. The van der Waals surface area contributed by atoms with Crippen LogP contribution in [0.15, 0.2) is 23.2 Å². The fourth-order valence-electron chi connectivity index (χ4n) is 1.55. The Balaban J connectivity index is 2.39. The van der Waals surface area contributed by atoms with E-state index < -0.39 is 0 Å². The van der Waals surface area contributed by atoms with Gasteiger partial charge in [0.15, 0.2) is 5.96 Å². The molecule has 1 rings (SSSR count). The van der Waals surface area contributed by atoms with Crippen molar-refractivity contribution in [1.82, 2.24) is 5.32 Å². The molecule has 0 aliphatic rings. The molecule has 110 valence electrons. The minimum atomic E-state index is -0.0915. The van der Waals surface area contributed by atoms with Gasteiger partial charge in [0.2, 0.25) is 5.91 Å². The van der Waals surface area contributed by atoms with Crippen molar-refractivity contribution in [3.63, 3.8) is 0 Å². The molecular formula is C14H21ClN4O. The van der Waals surface area contributed by atoms with Gasteiger partial charge in [-0.15, -0.1) is 0 Å². The minimum absolute atomic E-state index is 0.0915. The monoisotopic (exact) mass is 296 g/mol. The highest BCUT2D eigenvalue weighted by Gasteiger charge is 2.06. The molecule has 1 aromatic carbocycles. The summed E-state index contributed by atoms with van der Waals surface area (Å²) in [4.78, 5) is 15.9. The zero-order valence-corrected chi connectivity index (χ0v) is 12.6. The molecule has 0 saturated heterocycles. The number of rotatable bonds is 6. The molecule has 0 unspecified atom stereocenters. The van der Waals surface area contributed by atoms with E-state index in [0.29, 0.717) is 30.5 Å². The fourth-order valence-corrected chi connectivity index (χ4v) is 1.72. The maximum absolute atomic E-state index is 11.8. The predicted octanol–water partition coefficient (Wildman–Crippen LogP) is 2.29. The van der Waals surface area contributed by atoms with E-state index in [1.165, 1.54) is 0 Å². The average molecular weight is 297 g/mol. The highest BCUT2D eigenvalue weighted by molar-refractivity contribution is 6.31. The van der Waals surface area contributed by atoms with Crippen LogP contribution >= 0.6 is 11.6 Å². The van der Waals surface area contributed by atoms with Crippen molar-refractivity contribution in [2.75, 3.05) is 18.4 Å². The van der Waals surface area contributed by atoms with Crippen molar-refractivity contribution in [3.8, 4) is 0 Å². The van der Waals surface area contributed by atoms with Crippen LogP contribution < -0.4 is 16.4 Å². The number of nitrogens with zero attached hydrogens (tertiary/aromatic N) is 1. The first-order valence-electron chi connectivity index (χ1n) is 6.63. The van der Waals surface area contributed by atoms with E-state index in [4.69, 9.17) is 17.3 Å². The third kappa shape index (κ3) is 5.48. The van der Waals surface area contributed by atoms with E-state index in [-0.39, 0.29) is 5.91 Å². The van der Waals surface area contributed by atoms with Gasteiger partial charge in [-0.25, -0.2) is 0 Å². The highest BCUT2D eigenvalue weighted by atomic mass is 35.5. The van der Waals surface area contributed by atoms with Crippen molar-refractivity contribution in [2.24, 2.45) is 10.7 Å². The van der Waals surface area contributed by atoms with Crippen LogP contribution in [-0.4, -0.2) is 25.0 Å². The molecule has 0 radical (unpaired) electrons. The Morgan fingerprint density at radius 1 is 1.45 bits per heavy atom. The van der Waals surface area contributed by atoms with Crippen LogP contribution in [0.25, 0.3) is 0 Å². The first kappa shape index (κ1) is 16.3. The number of carbonyl (C=O) groups excluding carboxylic acids is 1. The van der Waals surface area contributed by atoms with Gasteiger partial charge in [-0.05, 0) is 31.0 Å².